The average molecular weight is 349 g/mol. The lowest BCUT2D eigenvalue weighted by Gasteiger charge is -2.18. The van der Waals surface area contributed by atoms with Gasteiger partial charge in [0.1, 0.15) is 5.82 Å². The number of pyridine rings is 1. The maximum Gasteiger partial charge on any atom is 0.244 e. The maximum absolute atomic E-state index is 11.9. The first kappa shape index (κ1) is 16.8. The molecule has 2 aromatic heterocycles. The molecule has 0 radical (unpaired) electrons. The topological polar surface area (TPSA) is 71.0 Å². The van der Waals surface area contributed by atoms with E-state index in [1.54, 1.807) is 36.9 Å². The molecule has 0 spiro atoms. The standard InChI is InChI=1S/C20H23N5O/c26-20(5-4-15-3-1-7-21-11-15)24-10-6-16-17-12-25(13-18(16)17)14-19-22-8-2-9-23-19/h1-5,7-9,11,16-18H,6,10,12-14H2,(H,24,26)/b5-4+. The van der Waals surface area contributed by atoms with E-state index >= 15 is 0 Å². The SMILES string of the molecule is O=C(/C=C/c1cccnc1)NCCC1C2CN(Cc3ncccn3)CC12. The van der Waals surface area contributed by atoms with Crippen LogP contribution in [0.15, 0.2) is 49.1 Å². The number of nitrogens with one attached hydrogen (secondary N) is 1. The van der Waals surface area contributed by atoms with Gasteiger partial charge in [-0.2, -0.15) is 0 Å². The predicted molar refractivity (Wildman–Crippen MR) is 98.7 cm³/mol. The van der Waals surface area contributed by atoms with Crippen LogP contribution in [0.3, 0.4) is 0 Å². The Bertz CT molecular complexity index is 752. The molecule has 0 aromatic carbocycles. The van der Waals surface area contributed by atoms with Crippen molar-refractivity contribution in [1.82, 2.24) is 25.2 Å². The zero-order chi connectivity index (χ0) is 17.8. The third-order valence-corrected chi connectivity index (χ3v) is 5.32. The summed E-state index contributed by atoms with van der Waals surface area (Å²) in [6.45, 7) is 3.84. The summed E-state index contributed by atoms with van der Waals surface area (Å²) in [7, 11) is 0. The Kier molecular flexibility index (Phi) is 5.02. The van der Waals surface area contributed by atoms with Crippen LogP contribution >= 0.6 is 0 Å². The third kappa shape index (κ3) is 4.14. The van der Waals surface area contributed by atoms with Crippen molar-refractivity contribution >= 4 is 12.0 Å². The summed E-state index contributed by atoms with van der Waals surface area (Å²) in [5.41, 5.74) is 0.932. The van der Waals surface area contributed by atoms with Gasteiger partial charge in [-0.3, -0.25) is 14.7 Å². The molecule has 1 saturated heterocycles. The lowest BCUT2D eigenvalue weighted by atomic mass is 10.2. The third-order valence-electron chi connectivity index (χ3n) is 5.32. The van der Waals surface area contributed by atoms with Crippen LogP contribution in [0.4, 0.5) is 0 Å². The molecule has 4 rings (SSSR count). The Labute approximate surface area is 153 Å². The second-order valence-electron chi connectivity index (χ2n) is 7.05. The molecular formula is C20H23N5O. The Balaban J connectivity index is 1.14. The minimum atomic E-state index is -0.0393. The van der Waals surface area contributed by atoms with Crippen molar-refractivity contribution < 1.29 is 4.79 Å². The number of hydrogen-bond acceptors (Lipinski definition) is 5. The van der Waals surface area contributed by atoms with Gasteiger partial charge >= 0.3 is 0 Å². The lowest BCUT2D eigenvalue weighted by molar-refractivity contribution is -0.116. The summed E-state index contributed by atoms with van der Waals surface area (Å²) in [4.78, 5) is 26.9. The monoisotopic (exact) mass is 349 g/mol. The van der Waals surface area contributed by atoms with Gasteiger partial charge in [0.05, 0.1) is 6.54 Å². The molecule has 6 nitrogen and oxygen atoms in total. The van der Waals surface area contributed by atoms with Crippen molar-refractivity contribution in [2.24, 2.45) is 17.8 Å². The van der Waals surface area contributed by atoms with Gasteiger partial charge in [0.25, 0.3) is 0 Å². The van der Waals surface area contributed by atoms with Gasteiger partial charge in [0, 0.05) is 50.5 Å². The van der Waals surface area contributed by atoms with E-state index in [-0.39, 0.29) is 5.91 Å². The molecule has 26 heavy (non-hydrogen) atoms. The van der Waals surface area contributed by atoms with Crippen LogP contribution in [-0.4, -0.2) is 45.4 Å². The van der Waals surface area contributed by atoms with Crippen LogP contribution in [-0.2, 0) is 11.3 Å². The second kappa shape index (κ2) is 7.74. The highest BCUT2D eigenvalue weighted by atomic mass is 16.1. The fourth-order valence-corrected chi connectivity index (χ4v) is 3.97. The van der Waals surface area contributed by atoms with Crippen LogP contribution in [0, 0.1) is 17.8 Å². The number of nitrogens with zero attached hydrogens (tertiary/aromatic N) is 4. The Morgan fingerprint density at radius 3 is 2.73 bits per heavy atom. The molecule has 3 heterocycles. The molecule has 6 heteroatoms. The maximum atomic E-state index is 11.9. The fourth-order valence-electron chi connectivity index (χ4n) is 3.97. The highest BCUT2D eigenvalue weighted by molar-refractivity contribution is 5.91. The number of likely N-dealkylation sites (tertiary alicyclic amines) is 1. The zero-order valence-electron chi connectivity index (χ0n) is 14.7. The van der Waals surface area contributed by atoms with Crippen molar-refractivity contribution in [1.29, 1.82) is 0 Å². The average Bonchev–Trinajstić information content (AvgIpc) is 3.12. The smallest absolute Gasteiger partial charge is 0.244 e. The largest absolute Gasteiger partial charge is 0.353 e. The summed E-state index contributed by atoms with van der Waals surface area (Å²) < 4.78 is 0. The first-order valence-corrected chi connectivity index (χ1v) is 9.14. The van der Waals surface area contributed by atoms with E-state index in [0.717, 1.165) is 61.7 Å². The molecular weight excluding hydrogens is 326 g/mol. The molecule has 134 valence electrons. The molecule has 2 fully saturated rings. The van der Waals surface area contributed by atoms with E-state index < -0.39 is 0 Å². The molecule has 2 unspecified atom stereocenters. The van der Waals surface area contributed by atoms with Crippen LogP contribution in [0.5, 0.6) is 0 Å². The molecule has 2 aliphatic rings. The van der Waals surface area contributed by atoms with Crippen molar-refractivity contribution in [2.45, 2.75) is 13.0 Å². The minimum absolute atomic E-state index is 0.0393. The number of carbonyl (C=O) groups excluding carboxylic acids is 1. The predicted octanol–water partition coefficient (Wildman–Crippen LogP) is 1.77. The quantitative estimate of drug-likeness (QED) is 0.772. The Morgan fingerprint density at radius 2 is 2.00 bits per heavy atom. The molecule has 0 bridgehead atoms. The number of carbonyl (C=O) groups is 1. The molecule has 1 aliphatic heterocycles. The normalized spacial score (nSPS) is 24.5. The minimum Gasteiger partial charge on any atom is -0.353 e. The van der Waals surface area contributed by atoms with Gasteiger partial charge in [0.15, 0.2) is 0 Å². The van der Waals surface area contributed by atoms with E-state index in [0.29, 0.717) is 0 Å². The van der Waals surface area contributed by atoms with Crippen molar-refractivity contribution in [2.75, 3.05) is 19.6 Å². The van der Waals surface area contributed by atoms with Gasteiger partial charge in [-0.1, -0.05) is 6.07 Å². The summed E-state index contributed by atoms with van der Waals surface area (Å²) >= 11 is 0. The number of hydrogen-bond donors (Lipinski definition) is 1. The highest BCUT2D eigenvalue weighted by Crippen LogP contribution is 2.53. The number of aromatic nitrogens is 3. The number of piperidine rings is 1. The van der Waals surface area contributed by atoms with Gasteiger partial charge < -0.3 is 5.32 Å². The zero-order valence-corrected chi connectivity index (χ0v) is 14.7. The van der Waals surface area contributed by atoms with Crippen molar-refractivity contribution in [3.63, 3.8) is 0 Å². The summed E-state index contributed by atoms with van der Waals surface area (Å²) in [6, 6.07) is 5.63. The van der Waals surface area contributed by atoms with E-state index in [4.69, 9.17) is 0 Å². The lowest BCUT2D eigenvalue weighted by Crippen LogP contribution is -2.27. The molecule has 1 amide bonds. The van der Waals surface area contributed by atoms with Gasteiger partial charge in [-0.15, -0.1) is 0 Å². The molecule has 1 N–H and O–H groups in total. The van der Waals surface area contributed by atoms with E-state index in [2.05, 4.69) is 25.2 Å². The van der Waals surface area contributed by atoms with Crippen LogP contribution in [0.25, 0.3) is 6.08 Å². The summed E-state index contributed by atoms with van der Waals surface area (Å²) in [5, 5.41) is 2.98. The number of fused-ring (bicyclic) bond motifs is 1. The molecule has 2 aromatic rings. The molecule has 1 saturated carbocycles. The first-order chi connectivity index (χ1) is 12.8. The Morgan fingerprint density at radius 1 is 1.19 bits per heavy atom. The second-order valence-corrected chi connectivity index (χ2v) is 7.05. The van der Waals surface area contributed by atoms with E-state index in [1.807, 2.05) is 18.2 Å². The Hall–Kier alpha value is -2.60. The summed E-state index contributed by atoms with van der Waals surface area (Å²) in [6.07, 6.45) is 11.5. The first-order valence-electron chi connectivity index (χ1n) is 9.14. The van der Waals surface area contributed by atoms with E-state index in [9.17, 15) is 4.79 Å². The van der Waals surface area contributed by atoms with Gasteiger partial charge in [-0.25, -0.2) is 9.97 Å². The van der Waals surface area contributed by atoms with Crippen molar-refractivity contribution in [3.05, 3.63) is 60.5 Å². The van der Waals surface area contributed by atoms with Crippen LogP contribution < -0.4 is 5.32 Å². The van der Waals surface area contributed by atoms with Gasteiger partial charge in [-0.05, 0) is 47.9 Å². The number of rotatable bonds is 7. The number of amides is 1. The van der Waals surface area contributed by atoms with Crippen LogP contribution in [0.1, 0.15) is 17.8 Å². The van der Waals surface area contributed by atoms with Crippen molar-refractivity contribution in [3.8, 4) is 0 Å². The fraction of sp³-hybridized carbons (Fsp3) is 0.400. The molecule has 1 aliphatic carbocycles. The van der Waals surface area contributed by atoms with Gasteiger partial charge in [0.2, 0.25) is 5.91 Å². The van der Waals surface area contributed by atoms with E-state index in [1.165, 1.54) is 0 Å². The highest BCUT2D eigenvalue weighted by Gasteiger charge is 2.54. The molecule has 2 atom stereocenters. The summed E-state index contributed by atoms with van der Waals surface area (Å²) in [5.74, 6) is 3.18. The van der Waals surface area contributed by atoms with Crippen LogP contribution in [0.2, 0.25) is 0 Å².